The average Bonchev–Trinajstić information content (AvgIpc) is 2.40. The number of hydrogen-bond acceptors (Lipinski definition) is 2. The fourth-order valence-corrected chi connectivity index (χ4v) is 2.45. The van der Waals surface area contributed by atoms with Crippen LogP contribution in [0.2, 0.25) is 0 Å². The molecule has 19 heavy (non-hydrogen) atoms. The molecule has 1 saturated heterocycles. The molecule has 2 unspecified atom stereocenters. The van der Waals surface area contributed by atoms with Gasteiger partial charge in [0.05, 0.1) is 6.04 Å². The fraction of sp³-hybridized carbons (Fsp3) is 0.533. The van der Waals surface area contributed by atoms with E-state index in [-0.39, 0.29) is 17.8 Å². The van der Waals surface area contributed by atoms with E-state index in [2.05, 4.69) is 17.6 Å². The first kappa shape index (κ1) is 14.0. The lowest BCUT2D eigenvalue weighted by atomic mass is 9.92. The maximum absolute atomic E-state index is 13.4. The van der Waals surface area contributed by atoms with Gasteiger partial charge in [0.15, 0.2) is 0 Å². The summed E-state index contributed by atoms with van der Waals surface area (Å²) in [6.07, 6.45) is 2.19. The van der Waals surface area contributed by atoms with Crippen LogP contribution >= 0.6 is 0 Å². The number of carbonyl (C=O) groups excluding carboxylic acids is 1. The number of benzene rings is 1. The second-order valence-electron chi connectivity index (χ2n) is 5.35. The van der Waals surface area contributed by atoms with Gasteiger partial charge in [-0.3, -0.25) is 4.79 Å². The number of hydrogen-bond donors (Lipinski definition) is 2. The van der Waals surface area contributed by atoms with Crippen molar-refractivity contribution in [2.24, 2.45) is 5.92 Å². The topological polar surface area (TPSA) is 41.1 Å². The predicted molar refractivity (Wildman–Crippen MR) is 73.2 cm³/mol. The third-order valence-corrected chi connectivity index (χ3v) is 3.75. The van der Waals surface area contributed by atoms with Gasteiger partial charge in [0.2, 0.25) is 5.91 Å². The van der Waals surface area contributed by atoms with Gasteiger partial charge in [0, 0.05) is 6.54 Å². The minimum atomic E-state index is -0.226. The molecule has 0 aromatic heterocycles. The summed E-state index contributed by atoms with van der Waals surface area (Å²) >= 11 is 0. The normalized spacial score (nSPS) is 23.1. The molecule has 2 atom stereocenters. The molecule has 1 heterocycles. The summed E-state index contributed by atoms with van der Waals surface area (Å²) in [7, 11) is 0. The zero-order valence-electron chi connectivity index (χ0n) is 11.5. The molecule has 1 aromatic rings. The second-order valence-corrected chi connectivity index (χ2v) is 5.35. The van der Waals surface area contributed by atoms with E-state index < -0.39 is 0 Å². The van der Waals surface area contributed by atoms with E-state index in [1.807, 2.05) is 6.07 Å². The summed E-state index contributed by atoms with van der Waals surface area (Å²) in [4.78, 5) is 12.1. The van der Waals surface area contributed by atoms with Gasteiger partial charge in [-0.1, -0.05) is 19.1 Å². The zero-order valence-corrected chi connectivity index (χ0v) is 11.5. The Bertz CT molecular complexity index is 461. The molecule has 104 valence electrons. The van der Waals surface area contributed by atoms with Crippen LogP contribution < -0.4 is 10.6 Å². The number of piperidine rings is 1. The molecule has 3 nitrogen and oxygen atoms in total. The first-order valence-corrected chi connectivity index (χ1v) is 6.84. The van der Waals surface area contributed by atoms with Gasteiger partial charge in [0.1, 0.15) is 5.82 Å². The Labute approximate surface area is 113 Å². The molecule has 4 heteroatoms. The van der Waals surface area contributed by atoms with Crippen molar-refractivity contribution in [3.8, 4) is 0 Å². The minimum absolute atomic E-state index is 0.00758. The van der Waals surface area contributed by atoms with Crippen LogP contribution in [0, 0.1) is 18.7 Å². The SMILES string of the molecule is Cc1ccc(CNC(=O)C2NCCCC2C)cc1F. The molecule has 0 bridgehead atoms. The molecule has 0 spiro atoms. The first-order valence-electron chi connectivity index (χ1n) is 6.84. The van der Waals surface area contributed by atoms with E-state index >= 15 is 0 Å². The Hall–Kier alpha value is -1.42. The minimum Gasteiger partial charge on any atom is -0.351 e. The number of nitrogens with one attached hydrogen (secondary N) is 2. The van der Waals surface area contributed by atoms with E-state index in [1.165, 1.54) is 6.07 Å². The summed E-state index contributed by atoms with van der Waals surface area (Å²) in [6, 6.07) is 4.94. The lowest BCUT2D eigenvalue weighted by Crippen LogP contribution is -2.50. The molecule has 0 radical (unpaired) electrons. The monoisotopic (exact) mass is 264 g/mol. The van der Waals surface area contributed by atoms with Crippen molar-refractivity contribution in [1.29, 1.82) is 0 Å². The molecule has 1 amide bonds. The predicted octanol–water partition coefficient (Wildman–Crippen LogP) is 2.14. The van der Waals surface area contributed by atoms with Gasteiger partial charge in [0.25, 0.3) is 0 Å². The highest BCUT2D eigenvalue weighted by Crippen LogP contribution is 2.16. The van der Waals surface area contributed by atoms with Crippen LogP contribution in [0.3, 0.4) is 0 Å². The molecule has 0 aliphatic carbocycles. The van der Waals surface area contributed by atoms with E-state index in [4.69, 9.17) is 0 Å². The maximum Gasteiger partial charge on any atom is 0.237 e. The molecule has 1 aromatic carbocycles. The zero-order chi connectivity index (χ0) is 13.8. The van der Waals surface area contributed by atoms with Crippen molar-refractivity contribution >= 4 is 5.91 Å². The summed E-state index contributed by atoms with van der Waals surface area (Å²) in [5, 5.41) is 6.12. The lowest BCUT2D eigenvalue weighted by molar-refractivity contribution is -0.125. The molecule has 2 N–H and O–H groups in total. The summed E-state index contributed by atoms with van der Waals surface area (Å²) in [5.41, 5.74) is 1.41. The summed E-state index contributed by atoms with van der Waals surface area (Å²) < 4.78 is 13.4. The average molecular weight is 264 g/mol. The van der Waals surface area contributed by atoms with E-state index in [9.17, 15) is 9.18 Å². The number of aryl methyl sites for hydroxylation is 1. The number of halogens is 1. The van der Waals surface area contributed by atoms with Gasteiger partial charge in [-0.15, -0.1) is 0 Å². The number of amides is 1. The Kier molecular flexibility index (Phi) is 4.53. The third-order valence-electron chi connectivity index (χ3n) is 3.75. The van der Waals surface area contributed by atoms with Crippen LogP contribution in [-0.2, 0) is 11.3 Å². The molecule has 0 saturated carbocycles. The van der Waals surface area contributed by atoms with Crippen LogP contribution in [-0.4, -0.2) is 18.5 Å². The standard InChI is InChI=1S/C15H21FN2O/c1-10-5-6-12(8-13(10)16)9-18-15(19)14-11(2)4-3-7-17-14/h5-6,8,11,14,17H,3-4,7,9H2,1-2H3,(H,18,19). The maximum atomic E-state index is 13.4. The molecule has 2 rings (SSSR count). The van der Waals surface area contributed by atoms with Crippen LogP contribution in [0.4, 0.5) is 4.39 Å². The summed E-state index contributed by atoms with van der Waals surface area (Å²) in [5.74, 6) is 0.132. The molecule has 1 aliphatic heterocycles. The van der Waals surface area contributed by atoms with Gasteiger partial charge in [-0.05, 0) is 49.4 Å². The number of carbonyl (C=O) groups is 1. The highest BCUT2D eigenvalue weighted by molar-refractivity contribution is 5.82. The Morgan fingerprint density at radius 3 is 3.00 bits per heavy atom. The highest BCUT2D eigenvalue weighted by Gasteiger charge is 2.26. The molecular weight excluding hydrogens is 243 g/mol. The van der Waals surface area contributed by atoms with Crippen molar-refractivity contribution in [3.63, 3.8) is 0 Å². The largest absolute Gasteiger partial charge is 0.351 e. The molecular formula is C15H21FN2O. The smallest absolute Gasteiger partial charge is 0.237 e. The van der Waals surface area contributed by atoms with Crippen LogP contribution in [0.1, 0.15) is 30.9 Å². The van der Waals surface area contributed by atoms with Crippen molar-refractivity contribution in [2.75, 3.05) is 6.54 Å². The van der Waals surface area contributed by atoms with Gasteiger partial charge < -0.3 is 10.6 Å². The van der Waals surface area contributed by atoms with E-state index in [1.54, 1.807) is 13.0 Å². The summed E-state index contributed by atoms with van der Waals surface area (Å²) in [6.45, 7) is 5.08. The van der Waals surface area contributed by atoms with Gasteiger partial charge in [-0.25, -0.2) is 4.39 Å². The van der Waals surface area contributed by atoms with Crippen LogP contribution in [0.25, 0.3) is 0 Å². The van der Waals surface area contributed by atoms with Crippen molar-refractivity contribution in [3.05, 3.63) is 35.1 Å². The number of rotatable bonds is 3. The fourth-order valence-electron chi connectivity index (χ4n) is 2.45. The molecule has 1 fully saturated rings. The van der Waals surface area contributed by atoms with Gasteiger partial charge in [-0.2, -0.15) is 0 Å². The Morgan fingerprint density at radius 2 is 2.32 bits per heavy atom. The quantitative estimate of drug-likeness (QED) is 0.878. The van der Waals surface area contributed by atoms with E-state index in [0.717, 1.165) is 24.9 Å². The third kappa shape index (κ3) is 3.53. The van der Waals surface area contributed by atoms with Crippen molar-refractivity contribution < 1.29 is 9.18 Å². The van der Waals surface area contributed by atoms with Crippen LogP contribution in [0.5, 0.6) is 0 Å². The van der Waals surface area contributed by atoms with Crippen LogP contribution in [0.15, 0.2) is 18.2 Å². The Balaban J connectivity index is 1.90. The van der Waals surface area contributed by atoms with Crippen molar-refractivity contribution in [2.45, 2.75) is 39.3 Å². The molecule has 1 aliphatic rings. The highest BCUT2D eigenvalue weighted by atomic mass is 19.1. The second kappa shape index (κ2) is 6.15. The van der Waals surface area contributed by atoms with Gasteiger partial charge >= 0.3 is 0 Å². The Morgan fingerprint density at radius 1 is 1.53 bits per heavy atom. The van der Waals surface area contributed by atoms with Crippen molar-refractivity contribution in [1.82, 2.24) is 10.6 Å². The lowest BCUT2D eigenvalue weighted by Gasteiger charge is -2.28. The first-order chi connectivity index (χ1) is 9.08. The van der Waals surface area contributed by atoms with E-state index in [0.29, 0.717) is 18.0 Å².